The molecule has 0 radical (unpaired) electrons. The molecule has 1 aromatic rings. The topological polar surface area (TPSA) is 63.2 Å². The molecule has 0 saturated heterocycles. The second-order valence-electron chi connectivity index (χ2n) is 5.41. The van der Waals surface area contributed by atoms with Crippen molar-refractivity contribution in [1.29, 1.82) is 0 Å². The highest BCUT2D eigenvalue weighted by Crippen LogP contribution is 2.07. The van der Waals surface area contributed by atoms with Crippen LogP contribution in [0.15, 0.2) is 18.3 Å². The van der Waals surface area contributed by atoms with E-state index in [9.17, 15) is 4.79 Å². The van der Waals surface area contributed by atoms with Crippen LogP contribution in [0.4, 0.5) is 5.69 Å². The molecule has 0 atom stereocenters. The predicted molar refractivity (Wildman–Crippen MR) is 85.6 cm³/mol. The van der Waals surface area contributed by atoms with Gasteiger partial charge >= 0.3 is 0 Å². The summed E-state index contributed by atoms with van der Waals surface area (Å²) in [5.74, 6) is 0.477. The summed E-state index contributed by atoms with van der Waals surface area (Å²) in [5, 5.41) is 6.06. The lowest BCUT2D eigenvalue weighted by Crippen LogP contribution is -2.28. The van der Waals surface area contributed by atoms with E-state index < -0.39 is 0 Å². The molecule has 1 amide bonds. The van der Waals surface area contributed by atoms with Crippen LogP contribution in [0.2, 0.25) is 0 Å². The zero-order valence-electron chi connectivity index (χ0n) is 13.3. The Bertz CT molecular complexity index is 422. The number of rotatable bonds is 10. The Morgan fingerprint density at radius 1 is 1.33 bits per heavy atom. The summed E-state index contributed by atoms with van der Waals surface area (Å²) in [7, 11) is 0. The quantitative estimate of drug-likeness (QED) is 0.651. The van der Waals surface area contributed by atoms with E-state index in [-0.39, 0.29) is 5.91 Å². The highest BCUT2D eigenvalue weighted by Gasteiger charge is 2.07. The third-order valence-electron chi connectivity index (χ3n) is 2.94. The van der Waals surface area contributed by atoms with Crippen LogP contribution >= 0.6 is 0 Å². The van der Waals surface area contributed by atoms with Crippen LogP contribution in [0, 0.1) is 5.92 Å². The van der Waals surface area contributed by atoms with Gasteiger partial charge in [-0.25, -0.2) is 0 Å². The lowest BCUT2D eigenvalue weighted by atomic mass is 10.1. The van der Waals surface area contributed by atoms with Crippen molar-refractivity contribution in [2.75, 3.05) is 31.6 Å². The number of nitrogens with one attached hydrogen (secondary N) is 2. The number of ether oxygens (including phenoxy) is 1. The molecule has 5 heteroatoms. The van der Waals surface area contributed by atoms with Gasteiger partial charge < -0.3 is 15.4 Å². The van der Waals surface area contributed by atoms with E-state index in [1.807, 2.05) is 6.07 Å². The van der Waals surface area contributed by atoms with Crippen molar-refractivity contribution < 1.29 is 9.53 Å². The number of carbonyl (C=O) groups is 1. The summed E-state index contributed by atoms with van der Waals surface area (Å²) in [5.41, 5.74) is 1.35. The molecule has 1 rings (SSSR count). The summed E-state index contributed by atoms with van der Waals surface area (Å²) in [6.07, 6.45) is 3.73. The van der Waals surface area contributed by atoms with Gasteiger partial charge in [-0.15, -0.1) is 0 Å². The van der Waals surface area contributed by atoms with Gasteiger partial charge in [0, 0.05) is 31.6 Å². The molecular weight excluding hydrogens is 266 g/mol. The lowest BCUT2D eigenvalue weighted by Gasteiger charge is -2.09. The lowest BCUT2D eigenvalue weighted by molar-refractivity contribution is 0.0901. The van der Waals surface area contributed by atoms with Gasteiger partial charge in [0.15, 0.2) is 0 Å². The van der Waals surface area contributed by atoms with E-state index in [0.717, 1.165) is 31.7 Å². The molecule has 0 aliphatic rings. The number of pyridine rings is 1. The molecule has 0 saturated carbocycles. The number of carbonyl (C=O) groups excluding carboxylic acids is 1. The minimum atomic E-state index is -0.164. The van der Waals surface area contributed by atoms with E-state index in [1.54, 1.807) is 12.3 Å². The molecule has 0 aliphatic carbocycles. The Hall–Kier alpha value is -1.62. The van der Waals surface area contributed by atoms with Crippen molar-refractivity contribution in [3.8, 4) is 0 Å². The molecule has 5 nitrogen and oxygen atoms in total. The molecule has 0 aromatic carbocycles. The third-order valence-corrected chi connectivity index (χ3v) is 2.94. The molecule has 0 fully saturated rings. The summed E-state index contributed by atoms with van der Waals surface area (Å²) in [6, 6.07) is 3.63. The second kappa shape index (κ2) is 10.2. The first-order valence-corrected chi connectivity index (χ1v) is 7.69. The van der Waals surface area contributed by atoms with Gasteiger partial charge in [0.2, 0.25) is 0 Å². The van der Waals surface area contributed by atoms with Crippen molar-refractivity contribution >= 4 is 11.6 Å². The molecule has 2 N–H and O–H groups in total. The van der Waals surface area contributed by atoms with Crippen molar-refractivity contribution in [2.45, 2.75) is 33.6 Å². The van der Waals surface area contributed by atoms with Crippen LogP contribution in [-0.4, -0.2) is 37.2 Å². The maximum Gasteiger partial charge on any atom is 0.270 e. The number of nitrogens with zero attached hydrogens (tertiary/aromatic N) is 1. The molecule has 118 valence electrons. The zero-order valence-corrected chi connectivity index (χ0v) is 13.3. The Balaban J connectivity index is 2.28. The van der Waals surface area contributed by atoms with Crippen LogP contribution in [0.5, 0.6) is 0 Å². The fourth-order valence-electron chi connectivity index (χ4n) is 1.68. The average Bonchev–Trinajstić information content (AvgIpc) is 2.48. The molecule has 0 bridgehead atoms. The van der Waals surface area contributed by atoms with Gasteiger partial charge in [-0.3, -0.25) is 9.78 Å². The Kier molecular flexibility index (Phi) is 8.43. The largest absolute Gasteiger partial charge is 0.385 e. The molecule has 1 aromatic heterocycles. The molecular formula is C16H27N3O2. The Morgan fingerprint density at radius 3 is 2.86 bits per heavy atom. The minimum Gasteiger partial charge on any atom is -0.385 e. The van der Waals surface area contributed by atoms with E-state index >= 15 is 0 Å². The van der Waals surface area contributed by atoms with Crippen LogP contribution in [0.3, 0.4) is 0 Å². The van der Waals surface area contributed by atoms with Gasteiger partial charge in [-0.2, -0.15) is 0 Å². The molecule has 0 unspecified atom stereocenters. The van der Waals surface area contributed by atoms with E-state index in [2.05, 4.69) is 36.4 Å². The first-order chi connectivity index (χ1) is 10.1. The zero-order chi connectivity index (χ0) is 15.5. The van der Waals surface area contributed by atoms with Crippen LogP contribution < -0.4 is 10.6 Å². The predicted octanol–water partition coefficient (Wildman–Crippen LogP) is 2.70. The fourth-order valence-corrected chi connectivity index (χ4v) is 1.68. The summed E-state index contributed by atoms with van der Waals surface area (Å²) in [6.45, 7) is 9.09. The highest BCUT2D eigenvalue weighted by atomic mass is 16.5. The Morgan fingerprint density at radius 2 is 2.14 bits per heavy atom. The number of anilines is 1. The monoisotopic (exact) mass is 293 g/mol. The smallest absolute Gasteiger partial charge is 0.270 e. The fraction of sp³-hybridized carbons (Fsp3) is 0.625. The molecule has 21 heavy (non-hydrogen) atoms. The first-order valence-electron chi connectivity index (χ1n) is 7.69. The van der Waals surface area contributed by atoms with Gasteiger partial charge in [-0.05, 0) is 30.9 Å². The number of aromatic nitrogens is 1. The number of hydrogen-bond donors (Lipinski definition) is 2. The van der Waals surface area contributed by atoms with Crippen molar-refractivity contribution in [3.05, 3.63) is 24.0 Å². The number of amides is 1. The van der Waals surface area contributed by atoms with Crippen molar-refractivity contribution in [2.24, 2.45) is 5.92 Å². The Labute approximate surface area is 127 Å². The minimum absolute atomic E-state index is 0.164. The van der Waals surface area contributed by atoms with Crippen LogP contribution in [0.25, 0.3) is 0 Å². The van der Waals surface area contributed by atoms with Gasteiger partial charge in [0.05, 0.1) is 6.61 Å². The van der Waals surface area contributed by atoms with E-state index in [1.165, 1.54) is 0 Å². The standard InChI is InChI=1S/C16H27N3O2/c1-4-7-17-14-5-8-18-15(12-14)16(20)19-9-11-21-10-6-13(2)3/h5,8,12-13H,4,6-7,9-11H2,1-3H3,(H,17,18)(H,19,20). The van der Waals surface area contributed by atoms with Gasteiger partial charge in [-0.1, -0.05) is 20.8 Å². The maximum absolute atomic E-state index is 12.0. The van der Waals surface area contributed by atoms with Crippen LogP contribution in [-0.2, 0) is 4.74 Å². The highest BCUT2D eigenvalue weighted by molar-refractivity contribution is 5.93. The van der Waals surface area contributed by atoms with Crippen molar-refractivity contribution in [1.82, 2.24) is 10.3 Å². The SMILES string of the molecule is CCCNc1ccnc(C(=O)NCCOCCC(C)C)c1. The second-order valence-corrected chi connectivity index (χ2v) is 5.41. The summed E-state index contributed by atoms with van der Waals surface area (Å²) < 4.78 is 5.46. The van der Waals surface area contributed by atoms with E-state index in [0.29, 0.717) is 24.8 Å². The first kappa shape index (κ1) is 17.4. The number of hydrogen-bond acceptors (Lipinski definition) is 4. The normalized spacial score (nSPS) is 10.7. The average molecular weight is 293 g/mol. The van der Waals surface area contributed by atoms with Gasteiger partial charge in [0.25, 0.3) is 5.91 Å². The molecule has 1 heterocycles. The molecule has 0 spiro atoms. The van der Waals surface area contributed by atoms with Gasteiger partial charge in [0.1, 0.15) is 5.69 Å². The summed E-state index contributed by atoms with van der Waals surface area (Å²) in [4.78, 5) is 16.0. The van der Waals surface area contributed by atoms with E-state index in [4.69, 9.17) is 4.74 Å². The summed E-state index contributed by atoms with van der Waals surface area (Å²) >= 11 is 0. The maximum atomic E-state index is 12.0. The van der Waals surface area contributed by atoms with Crippen molar-refractivity contribution in [3.63, 3.8) is 0 Å². The molecule has 0 aliphatic heterocycles. The third kappa shape index (κ3) is 7.66. The van der Waals surface area contributed by atoms with Crippen LogP contribution in [0.1, 0.15) is 44.1 Å².